The second kappa shape index (κ2) is 6.77. The summed E-state index contributed by atoms with van der Waals surface area (Å²) in [5, 5.41) is 0. The van der Waals surface area contributed by atoms with Crippen LogP contribution < -0.4 is 0 Å². The molecule has 0 saturated heterocycles. The van der Waals surface area contributed by atoms with Crippen LogP contribution in [0.3, 0.4) is 0 Å². The lowest BCUT2D eigenvalue weighted by molar-refractivity contribution is -0.107. The SMILES string of the molecule is CC(F)=Cc1ccc(-c2ccc(C=C(F)C(F)(F)F)cc2)cc1. The van der Waals surface area contributed by atoms with Crippen molar-refractivity contribution in [1.82, 2.24) is 0 Å². The first kappa shape index (κ1) is 16.9. The highest BCUT2D eigenvalue weighted by Gasteiger charge is 2.34. The average molecular weight is 324 g/mol. The second-order valence-corrected chi connectivity index (χ2v) is 4.97. The average Bonchev–Trinajstić information content (AvgIpc) is 2.47. The van der Waals surface area contributed by atoms with Crippen molar-refractivity contribution in [2.24, 2.45) is 0 Å². The van der Waals surface area contributed by atoms with Crippen molar-refractivity contribution < 1.29 is 22.0 Å². The molecule has 0 heterocycles. The monoisotopic (exact) mass is 324 g/mol. The van der Waals surface area contributed by atoms with E-state index in [4.69, 9.17) is 0 Å². The van der Waals surface area contributed by atoms with Crippen molar-refractivity contribution in [1.29, 1.82) is 0 Å². The zero-order chi connectivity index (χ0) is 17.0. The van der Waals surface area contributed by atoms with E-state index >= 15 is 0 Å². The molecule has 0 radical (unpaired) electrons. The molecule has 0 amide bonds. The maximum atomic E-state index is 12.9. The lowest BCUT2D eigenvalue weighted by Crippen LogP contribution is -2.07. The maximum Gasteiger partial charge on any atom is 0.442 e. The van der Waals surface area contributed by atoms with Gasteiger partial charge in [-0.1, -0.05) is 48.5 Å². The Labute approximate surface area is 130 Å². The summed E-state index contributed by atoms with van der Waals surface area (Å²) in [6, 6.07) is 13.0. The molecule has 0 aliphatic heterocycles. The molecule has 0 N–H and O–H groups in total. The smallest absolute Gasteiger partial charge is 0.212 e. The number of rotatable bonds is 3. The van der Waals surface area contributed by atoms with Crippen molar-refractivity contribution in [2.75, 3.05) is 0 Å². The van der Waals surface area contributed by atoms with Crippen LogP contribution in [0.4, 0.5) is 22.0 Å². The van der Waals surface area contributed by atoms with Gasteiger partial charge in [0, 0.05) is 0 Å². The summed E-state index contributed by atoms with van der Waals surface area (Å²) in [5.41, 5.74) is 2.42. The summed E-state index contributed by atoms with van der Waals surface area (Å²) < 4.78 is 62.1. The number of allylic oxidation sites excluding steroid dienone is 2. The number of alkyl halides is 3. The predicted molar refractivity (Wildman–Crippen MR) is 81.8 cm³/mol. The first-order valence-corrected chi connectivity index (χ1v) is 6.74. The topological polar surface area (TPSA) is 0 Å². The molecule has 0 aliphatic rings. The Morgan fingerprint density at radius 3 is 1.48 bits per heavy atom. The van der Waals surface area contributed by atoms with E-state index in [2.05, 4.69) is 0 Å². The highest BCUT2D eigenvalue weighted by Crippen LogP contribution is 2.29. The van der Waals surface area contributed by atoms with Crippen LogP contribution in [0.1, 0.15) is 18.1 Å². The van der Waals surface area contributed by atoms with Gasteiger partial charge in [0.05, 0.1) is 5.83 Å². The van der Waals surface area contributed by atoms with Gasteiger partial charge in [0.15, 0.2) is 0 Å². The van der Waals surface area contributed by atoms with E-state index in [0.29, 0.717) is 11.6 Å². The van der Waals surface area contributed by atoms with Gasteiger partial charge < -0.3 is 0 Å². The summed E-state index contributed by atoms with van der Waals surface area (Å²) in [7, 11) is 0. The van der Waals surface area contributed by atoms with Gasteiger partial charge in [0.25, 0.3) is 0 Å². The Balaban J connectivity index is 2.21. The number of hydrogen-bond acceptors (Lipinski definition) is 0. The predicted octanol–water partition coefficient (Wildman–Crippen LogP) is 6.56. The fraction of sp³-hybridized carbons (Fsp3) is 0.111. The molecule has 23 heavy (non-hydrogen) atoms. The first-order valence-electron chi connectivity index (χ1n) is 6.74. The van der Waals surface area contributed by atoms with E-state index in [1.165, 1.54) is 25.1 Å². The third-order valence-electron chi connectivity index (χ3n) is 3.08. The number of benzene rings is 2. The fourth-order valence-electron chi connectivity index (χ4n) is 2.00. The Bertz CT molecular complexity index is 716. The van der Waals surface area contributed by atoms with Gasteiger partial charge in [-0.3, -0.25) is 0 Å². The molecule has 0 nitrogen and oxygen atoms in total. The summed E-state index contributed by atoms with van der Waals surface area (Å²) in [6.45, 7) is 1.35. The summed E-state index contributed by atoms with van der Waals surface area (Å²) in [4.78, 5) is 0. The van der Waals surface area contributed by atoms with Crippen LogP contribution in [-0.4, -0.2) is 6.18 Å². The summed E-state index contributed by atoms with van der Waals surface area (Å²) >= 11 is 0. The zero-order valence-electron chi connectivity index (χ0n) is 12.2. The third kappa shape index (κ3) is 4.77. The van der Waals surface area contributed by atoms with Crippen molar-refractivity contribution in [3.05, 3.63) is 71.3 Å². The van der Waals surface area contributed by atoms with E-state index in [1.54, 1.807) is 36.4 Å². The van der Waals surface area contributed by atoms with Crippen LogP contribution in [0, 0.1) is 0 Å². The van der Waals surface area contributed by atoms with E-state index in [0.717, 1.165) is 11.1 Å². The van der Waals surface area contributed by atoms with Gasteiger partial charge in [0.2, 0.25) is 5.83 Å². The molecule has 0 fully saturated rings. The van der Waals surface area contributed by atoms with Gasteiger partial charge in [0.1, 0.15) is 0 Å². The van der Waals surface area contributed by atoms with E-state index in [1.807, 2.05) is 0 Å². The lowest BCUT2D eigenvalue weighted by atomic mass is 10.0. The van der Waals surface area contributed by atoms with Gasteiger partial charge in [-0.2, -0.15) is 13.2 Å². The standard InChI is InChI=1S/C18H13F5/c1-12(19)10-13-2-6-15(7-3-13)16-8-4-14(5-9-16)11-17(20)18(21,22)23/h2-11H,1H3. The quantitative estimate of drug-likeness (QED) is 0.561. The van der Waals surface area contributed by atoms with Gasteiger partial charge in [-0.05, 0) is 41.3 Å². The number of halogens is 5. The van der Waals surface area contributed by atoms with Crippen LogP contribution in [0.25, 0.3) is 23.3 Å². The van der Waals surface area contributed by atoms with E-state index < -0.39 is 12.0 Å². The van der Waals surface area contributed by atoms with Crippen LogP contribution >= 0.6 is 0 Å². The molecule has 0 spiro atoms. The Morgan fingerprint density at radius 2 is 1.13 bits per heavy atom. The highest BCUT2D eigenvalue weighted by molar-refractivity contribution is 5.67. The van der Waals surface area contributed by atoms with Crippen LogP contribution in [0.5, 0.6) is 0 Å². The van der Waals surface area contributed by atoms with Crippen molar-refractivity contribution in [2.45, 2.75) is 13.1 Å². The van der Waals surface area contributed by atoms with Crippen LogP contribution in [-0.2, 0) is 0 Å². The molecule has 0 saturated carbocycles. The Morgan fingerprint density at radius 1 is 0.739 bits per heavy atom. The molecule has 2 aromatic rings. The van der Waals surface area contributed by atoms with Crippen molar-refractivity contribution in [3.8, 4) is 11.1 Å². The van der Waals surface area contributed by atoms with Crippen molar-refractivity contribution >= 4 is 12.2 Å². The van der Waals surface area contributed by atoms with Crippen LogP contribution in [0.15, 0.2) is 60.2 Å². The largest absolute Gasteiger partial charge is 0.442 e. The van der Waals surface area contributed by atoms with Gasteiger partial charge >= 0.3 is 6.18 Å². The lowest BCUT2D eigenvalue weighted by Gasteiger charge is -2.05. The van der Waals surface area contributed by atoms with Crippen molar-refractivity contribution in [3.63, 3.8) is 0 Å². The van der Waals surface area contributed by atoms with Gasteiger partial charge in [-0.25, -0.2) is 8.78 Å². The molecular formula is C18H13F5. The zero-order valence-corrected chi connectivity index (χ0v) is 12.2. The fourth-order valence-corrected chi connectivity index (χ4v) is 2.00. The molecule has 2 aromatic carbocycles. The molecule has 0 aliphatic carbocycles. The summed E-state index contributed by atoms with van der Waals surface area (Å²) in [5.74, 6) is -2.44. The first-order chi connectivity index (χ1) is 10.8. The molecule has 0 bridgehead atoms. The highest BCUT2D eigenvalue weighted by atomic mass is 19.4. The van der Waals surface area contributed by atoms with Crippen LogP contribution in [0.2, 0.25) is 0 Å². The minimum atomic E-state index is -4.98. The molecule has 0 aromatic heterocycles. The molecule has 120 valence electrons. The molecule has 5 heteroatoms. The maximum absolute atomic E-state index is 12.9. The summed E-state index contributed by atoms with van der Waals surface area (Å²) in [6.07, 6.45) is -3.14. The molecule has 0 atom stereocenters. The number of hydrogen-bond donors (Lipinski definition) is 0. The van der Waals surface area contributed by atoms with Gasteiger partial charge in [-0.15, -0.1) is 0 Å². The van der Waals surface area contributed by atoms with E-state index in [-0.39, 0.29) is 11.4 Å². The molecule has 2 rings (SSSR count). The minimum absolute atomic E-state index is 0.121. The second-order valence-electron chi connectivity index (χ2n) is 4.97. The van der Waals surface area contributed by atoms with E-state index in [9.17, 15) is 22.0 Å². The Hall–Kier alpha value is -2.43. The normalized spacial score (nSPS) is 13.3. The third-order valence-corrected chi connectivity index (χ3v) is 3.08. The minimum Gasteiger partial charge on any atom is -0.212 e. The molecule has 0 unspecified atom stereocenters. The Kier molecular flexibility index (Phi) is 4.98. The molecular weight excluding hydrogens is 311 g/mol.